The number of hydrogen-bond donors (Lipinski definition) is 0. The molecule has 6 nitrogen and oxygen atoms in total. The smallest absolute Gasteiger partial charge is 0.182 e. The number of aromatic nitrogens is 4. The normalized spacial score (nSPS) is 12.0. The van der Waals surface area contributed by atoms with Gasteiger partial charge in [0.15, 0.2) is 17.5 Å². The van der Waals surface area contributed by atoms with E-state index < -0.39 is 0 Å². The average Bonchev–Trinajstić information content (AvgIpc) is 3.76. The number of furan rings is 2. The predicted octanol–water partition coefficient (Wildman–Crippen LogP) is 11.5. The zero-order chi connectivity index (χ0) is 32.8. The van der Waals surface area contributed by atoms with Crippen molar-refractivity contribution >= 4 is 76.3 Å². The van der Waals surface area contributed by atoms with E-state index >= 15 is 0 Å². The Bertz CT molecular complexity index is 3040. The number of para-hydroxylation sites is 2. The van der Waals surface area contributed by atoms with Crippen molar-refractivity contribution in [2.24, 2.45) is 0 Å². The first-order valence-electron chi connectivity index (χ1n) is 16.6. The average molecular weight is 641 g/mol. The molecular weight excluding hydrogens is 617 g/mol. The van der Waals surface area contributed by atoms with Gasteiger partial charge in [0, 0.05) is 38.1 Å². The molecule has 7 aromatic carbocycles. The quantitative estimate of drug-likeness (QED) is 0.179. The summed E-state index contributed by atoms with van der Waals surface area (Å²) in [6.07, 6.45) is 0. The van der Waals surface area contributed by atoms with Gasteiger partial charge in [-0.3, -0.25) is 0 Å². The van der Waals surface area contributed by atoms with Crippen LogP contribution in [-0.2, 0) is 0 Å². The molecule has 6 heteroatoms. The Labute approximate surface area is 284 Å². The molecule has 0 saturated carbocycles. The fraction of sp³-hybridized carbons (Fsp3) is 0. The maximum Gasteiger partial charge on any atom is 0.182 e. The van der Waals surface area contributed by atoms with Gasteiger partial charge in [-0.1, -0.05) is 103 Å². The van der Waals surface area contributed by atoms with E-state index in [4.69, 9.17) is 28.8 Å². The first kappa shape index (κ1) is 27.1. The van der Waals surface area contributed by atoms with Crippen LogP contribution in [0, 0.1) is 0 Å². The SMILES string of the molecule is c1ccc2c(c1)ccc1ccc3nc(-c4nc(-c5cccc6oc7ccccc7c56)nc(-c5cccc6oc7ccccc7c56)n4)ccc3c12. The third kappa shape index (κ3) is 3.96. The number of pyridine rings is 1. The molecule has 0 bridgehead atoms. The lowest BCUT2D eigenvalue weighted by atomic mass is 9.98. The zero-order valence-electron chi connectivity index (χ0n) is 26.5. The molecule has 0 aliphatic heterocycles. The first-order chi connectivity index (χ1) is 24.8. The van der Waals surface area contributed by atoms with Crippen molar-refractivity contribution in [1.82, 2.24) is 19.9 Å². The molecule has 4 aromatic heterocycles. The Hall–Kier alpha value is -6.92. The molecule has 0 amide bonds. The highest BCUT2D eigenvalue weighted by molar-refractivity contribution is 6.20. The van der Waals surface area contributed by atoms with Crippen molar-refractivity contribution in [2.75, 3.05) is 0 Å². The third-order valence-corrected chi connectivity index (χ3v) is 9.73. The van der Waals surface area contributed by atoms with Crippen molar-refractivity contribution < 1.29 is 8.83 Å². The second kappa shape index (κ2) is 10.3. The van der Waals surface area contributed by atoms with Crippen LogP contribution in [0.3, 0.4) is 0 Å². The topological polar surface area (TPSA) is 77.8 Å². The van der Waals surface area contributed by atoms with Crippen molar-refractivity contribution in [2.45, 2.75) is 0 Å². The third-order valence-electron chi connectivity index (χ3n) is 9.73. The highest BCUT2D eigenvalue weighted by atomic mass is 16.3. The molecule has 0 spiro atoms. The second-order valence-corrected chi connectivity index (χ2v) is 12.6. The highest BCUT2D eigenvalue weighted by Gasteiger charge is 2.21. The number of fused-ring (bicyclic) bond motifs is 11. The van der Waals surface area contributed by atoms with E-state index in [-0.39, 0.29) is 0 Å². The van der Waals surface area contributed by atoms with Crippen LogP contribution in [0.5, 0.6) is 0 Å². The minimum Gasteiger partial charge on any atom is -0.456 e. The summed E-state index contributed by atoms with van der Waals surface area (Å²) in [5, 5.41) is 9.79. The molecule has 0 unspecified atom stereocenters. The molecule has 4 heterocycles. The standard InChI is InChI=1S/C44H24N4O2/c1-2-10-27-25(9-1)19-20-26-21-23-33-28(39(26)27)22-24-34(45-33)44-47-42(31-13-7-17-37-40(31)29-11-3-5-15-35(29)49-37)46-43(48-44)32-14-8-18-38-41(32)30-12-4-6-16-36(30)50-38/h1-24H. The second-order valence-electron chi connectivity index (χ2n) is 12.6. The van der Waals surface area contributed by atoms with E-state index in [2.05, 4.69) is 66.7 Å². The van der Waals surface area contributed by atoms with Crippen molar-refractivity contribution in [3.05, 3.63) is 146 Å². The molecular formula is C44H24N4O2. The Morgan fingerprint density at radius 2 is 0.860 bits per heavy atom. The van der Waals surface area contributed by atoms with Gasteiger partial charge in [-0.05, 0) is 64.0 Å². The van der Waals surface area contributed by atoms with E-state index in [0.29, 0.717) is 23.2 Å². The summed E-state index contributed by atoms with van der Waals surface area (Å²) >= 11 is 0. The van der Waals surface area contributed by atoms with Crippen LogP contribution >= 0.6 is 0 Å². The van der Waals surface area contributed by atoms with E-state index in [1.54, 1.807) is 0 Å². The summed E-state index contributed by atoms with van der Waals surface area (Å²) in [5.41, 5.74) is 6.44. The summed E-state index contributed by atoms with van der Waals surface area (Å²) in [6.45, 7) is 0. The van der Waals surface area contributed by atoms with Crippen LogP contribution in [0.4, 0.5) is 0 Å². The van der Waals surface area contributed by atoms with Crippen LogP contribution in [-0.4, -0.2) is 19.9 Å². The molecule has 0 saturated heterocycles. The van der Waals surface area contributed by atoms with Gasteiger partial charge >= 0.3 is 0 Å². The molecule has 0 N–H and O–H groups in total. The molecule has 232 valence electrons. The predicted molar refractivity (Wildman–Crippen MR) is 201 cm³/mol. The highest BCUT2D eigenvalue weighted by Crippen LogP contribution is 2.39. The number of rotatable bonds is 3. The molecule has 0 radical (unpaired) electrons. The van der Waals surface area contributed by atoms with Gasteiger partial charge in [-0.2, -0.15) is 0 Å². The van der Waals surface area contributed by atoms with Crippen LogP contribution in [0.15, 0.2) is 154 Å². The van der Waals surface area contributed by atoms with Gasteiger partial charge in [0.2, 0.25) is 0 Å². The lowest BCUT2D eigenvalue weighted by Gasteiger charge is -2.11. The maximum absolute atomic E-state index is 6.26. The Morgan fingerprint density at radius 1 is 0.320 bits per heavy atom. The van der Waals surface area contributed by atoms with E-state index in [1.165, 1.54) is 21.5 Å². The number of nitrogens with zero attached hydrogens (tertiary/aromatic N) is 4. The minimum absolute atomic E-state index is 0.486. The first-order valence-corrected chi connectivity index (χ1v) is 16.6. The number of hydrogen-bond acceptors (Lipinski definition) is 6. The molecule has 50 heavy (non-hydrogen) atoms. The lowest BCUT2D eigenvalue weighted by molar-refractivity contribution is 0.668. The zero-order valence-corrected chi connectivity index (χ0v) is 26.5. The van der Waals surface area contributed by atoms with Crippen LogP contribution in [0.2, 0.25) is 0 Å². The number of benzene rings is 7. The van der Waals surface area contributed by atoms with E-state index in [0.717, 1.165) is 65.9 Å². The summed E-state index contributed by atoms with van der Waals surface area (Å²) in [6, 6.07) is 49.4. The molecule has 11 aromatic rings. The van der Waals surface area contributed by atoms with Gasteiger partial charge in [0.1, 0.15) is 28.0 Å². The molecule has 0 fully saturated rings. The van der Waals surface area contributed by atoms with Gasteiger partial charge in [-0.15, -0.1) is 0 Å². The Balaban J connectivity index is 1.19. The van der Waals surface area contributed by atoms with Crippen molar-refractivity contribution in [3.8, 4) is 34.3 Å². The van der Waals surface area contributed by atoms with E-state index in [1.807, 2.05) is 78.9 Å². The summed E-state index contributed by atoms with van der Waals surface area (Å²) in [7, 11) is 0. The van der Waals surface area contributed by atoms with Crippen LogP contribution in [0.1, 0.15) is 0 Å². The fourth-order valence-corrected chi connectivity index (χ4v) is 7.49. The van der Waals surface area contributed by atoms with E-state index in [9.17, 15) is 0 Å². The lowest BCUT2D eigenvalue weighted by Crippen LogP contribution is -2.02. The van der Waals surface area contributed by atoms with Crippen molar-refractivity contribution in [1.29, 1.82) is 0 Å². The van der Waals surface area contributed by atoms with Gasteiger partial charge in [0.05, 0.1) is 5.52 Å². The summed E-state index contributed by atoms with van der Waals surface area (Å²) in [4.78, 5) is 20.6. The Kier molecular flexibility index (Phi) is 5.57. The summed E-state index contributed by atoms with van der Waals surface area (Å²) < 4.78 is 12.5. The molecule has 11 rings (SSSR count). The summed E-state index contributed by atoms with van der Waals surface area (Å²) in [5.74, 6) is 1.57. The van der Waals surface area contributed by atoms with Gasteiger partial charge in [-0.25, -0.2) is 19.9 Å². The van der Waals surface area contributed by atoms with Gasteiger partial charge < -0.3 is 8.83 Å². The van der Waals surface area contributed by atoms with Crippen molar-refractivity contribution in [3.63, 3.8) is 0 Å². The largest absolute Gasteiger partial charge is 0.456 e. The molecule has 0 aliphatic carbocycles. The monoisotopic (exact) mass is 640 g/mol. The molecule has 0 aliphatic rings. The maximum atomic E-state index is 6.26. The molecule has 0 atom stereocenters. The van der Waals surface area contributed by atoms with Crippen LogP contribution in [0.25, 0.3) is 111 Å². The Morgan fingerprint density at radius 3 is 1.54 bits per heavy atom. The van der Waals surface area contributed by atoms with Crippen LogP contribution < -0.4 is 0 Å². The van der Waals surface area contributed by atoms with Gasteiger partial charge in [0.25, 0.3) is 0 Å². The minimum atomic E-state index is 0.486. The fourth-order valence-electron chi connectivity index (χ4n) is 7.49.